The summed E-state index contributed by atoms with van der Waals surface area (Å²) in [5.41, 5.74) is 0.715. The fourth-order valence-electron chi connectivity index (χ4n) is 1.80. The Balaban J connectivity index is 2.08. The second-order valence-corrected chi connectivity index (χ2v) is 4.21. The summed E-state index contributed by atoms with van der Waals surface area (Å²) in [5, 5.41) is 11.5. The Morgan fingerprint density at radius 3 is 2.57 bits per heavy atom. The van der Waals surface area contributed by atoms with Gasteiger partial charge in [0.25, 0.3) is 5.91 Å². The van der Waals surface area contributed by atoms with E-state index in [-0.39, 0.29) is 17.9 Å². The molecule has 0 atom stereocenters. The molecule has 1 amide bonds. The molecule has 2 rings (SSSR count). The number of hydrogen-bond donors (Lipinski definition) is 2. The van der Waals surface area contributed by atoms with Crippen LogP contribution in [0.4, 0.5) is 0 Å². The highest BCUT2D eigenvalue weighted by atomic mass is 16.5. The third-order valence-electron chi connectivity index (χ3n) is 2.83. The Morgan fingerprint density at radius 2 is 1.86 bits per heavy atom. The Kier molecular flexibility index (Phi) is 4.50. The molecule has 21 heavy (non-hydrogen) atoms. The highest BCUT2D eigenvalue weighted by Crippen LogP contribution is 2.16. The Hall–Kier alpha value is -2.89. The van der Waals surface area contributed by atoms with E-state index >= 15 is 0 Å². The molecule has 0 aliphatic carbocycles. The van der Waals surface area contributed by atoms with Crippen LogP contribution in [0, 0.1) is 0 Å². The number of benzene rings is 1. The molecule has 0 radical (unpaired) electrons. The standard InChI is InChI=1S/C15H14N2O4/c1-21-13-8-3-2-5-10(13)9-16-14(18)11-6-4-7-12(17-11)15(19)20/h2-8H,9H2,1H3,(H,16,18)(H,19,20). The Morgan fingerprint density at radius 1 is 1.14 bits per heavy atom. The van der Waals surface area contributed by atoms with Crippen LogP contribution in [-0.4, -0.2) is 29.1 Å². The average Bonchev–Trinajstić information content (AvgIpc) is 2.52. The fourth-order valence-corrected chi connectivity index (χ4v) is 1.80. The van der Waals surface area contributed by atoms with Crippen LogP contribution in [0.15, 0.2) is 42.5 Å². The molecule has 108 valence electrons. The predicted molar refractivity (Wildman–Crippen MR) is 75.4 cm³/mol. The lowest BCUT2D eigenvalue weighted by molar-refractivity contribution is 0.0690. The van der Waals surface area contributed by atoms with Gasteiger partial charge in [-0.05, 0) is 18.2 Å². The van der Waals surface area contributed by atoms with Crippen molar-refractivity contribution in [2.24, 2.45) is 0 Å². The van der Waals surface area contributed by atoms with Crippen LogP contribution in [0.3, 0.4) is 0 Å². The van der Waals surface area contributed by atoms with Crippen molar-refractivity contribution in [2.45, 2.75) is 6.54 Å². The summed E-state index contributed by atoms with van der Waals surface area (Å²) < 4.78 is 5.19. The number of methoxy groups -OCH3 is 1. The number of nitrogens with one attached hydrogen (secondary N) is 1. The number of amides is 1. The van der Waals surface area contributed by atoms with E-state index in [1.807, 2.05) is 18.2 Å². The smallest absolute Gasteiger partial charge is 0.354 e. The van der Waals surface area contributed by atoms with Gasteiger partial charge in [-0.25, -0.2) is 9.78 Å². The lowest BCUT2D eigenvalue weighted by atomic mass is 10.2. The van der Waals surface area contributed by atoms with E-state index in [0.717, 1.165) is 5.56 Å². The third-order valence-corrected chi connectivity index (χ3v) is 2.83. The first-order valence-corrected chi connectivity index (χ1v) is 6.22. The van der Waals surface area contributed by atoms with Gasteiger partial charge in [0.1, 0.15) is 17.1 Å². The summed E-state index contributed by atoms with van der Waals surface area (Å²) in [6.45, 7) is 0.266. The van der Waals surface area contributed by atoms with Crippen molar-refractivity contribution < 1.29 is 19.4 Å². The molecule has 1 aromatic carbocycles. The highest BCUT2D eigenvalue weighted by Gasteiger charge is 2.11. The number of ether oxygens (including phenoxy) is 1. The van der Waals surface area contributed by atoms with E-state index < -0.39 is 11.9 Å². The molecule has 0 aliphatic heterocycles. The van der Waals surface area contributed by atoms with Crippen molar-refractivity contribution >= 4 is 11.9 Å². The van der Waals surface area contributed by atoms with Crippen LogP contribution in [0.5, 0.6) is 5.75 Å². The number of pyridine rings is 1. The summed E-state index contributed by atoms with van der Waals surface area (Å²) >= 11 is 0. The van der Waals surface area contributed by atoms with Crippen molar-refractivity contribution in [1.82, 2.24) is 10.3 Å². The fraction of sp³-hybridized carbons (Fsp3) is 0.133. The number of para-hydroxylation sites is 1. The van der Waals surface area contributed by atoms with Crippen LogP contribution >= 0.6 is 0 Å². The monoisotopic (exact) mass is 286 g/mol. The van der Waals surface area contributed by atoms with Gasteiger partial charge in [-0.15, -0.1) is 0 Å². The minimum absolute atomic E-state index is 0.0600. The summed E-state index contributed by atoms with van der Waals surface area (Å²) in [6.07, 6.45) is 0. The zero-order valence-corrected chi connectivity index (χ0v) is 11.4. The summed E-state index contributed by atoms with van der Waals surface area (Å²) in [4.78, 5) is 26.6. The topological polar surface area (TPSA) is 88.5 Å². The first-order valence-electron chi connectivity index (χ1n) is 6.22. The maximum atomic E-state index is 12.0. The molecular weight excluding hydrogens is 272 g/mol. The highest BCUT2D eigenvalue weighted by molar-refractivity contribution is 5.94. The van der Waals surface area contributed by atoms with Gasteiger partial charge >= 0.3 is 5.97 Å². The molecule has 0 saturated carbocycles. The maximum Gasteiger partial charge on any atom is 0.354 e. The minimum Gasteiger partial charge on any atom is -0.496 e. The minimum atomic E-state index is -1.17. The van der Waals surface area contributed by atoms with Crippen LogP contribution < -0.4 is 10.1 Å². The molecular formula is C15H14N2O4. The van der Waals surface area contributed by atoms with Crippen molar-refractivity contribution in [3.05, 3.63) is 59.4 Å². The summed E-state index contributed by atoms with van der Waals surface area (Å²) in [7, 11) is 1.55. The number of rotatable bonds is 5. The van der Waals surface area contributed by atoms with Gasteiger partial charge in [-0.2, -0.15) is 0 Å². The van der Waals surface area contributed by atoms with E-state index in [1.165, 1.54) is 18.2 Å². The lowest BCUT2D eigenvalue weighted by Gasteiger charge is -2.09. The maximum absolute atomic E-state index is 12.0. The van der Waals surface area contributed by atoms with E-state index in [2.05, 4.69) is 10.3 Å². The Labute approximate surface area is 121 Å². The zero-order valence-electron chi connectivity index (χ0n) is 11.4. The van der Waals surface area contributed by atoms with E-state index in [1.54, 1.807) is 13.2 Å². The number of aromatic carboxylic acids is 1. The van der Waals surface area contributed by atoms with E-state index in [9.17, 15) is 9.59 Å². The van der Waals surface area contributed by atoms with Gasteiger partial charge in [0, 0.05) is 12.1 Å². The van der Waals surface area contributed by atoms with Gasteiger partial charge < -0.3 is 15.2 Å². The van der Waals surface area contributed by atoms with Crippen LogP contribution in [-0.2, 0) is 6.54 Å². The molecule has 2 aromatic rings. The van der Waals surface area contributed by atoms with Crippen LogP contribution in [0.1, 0.15) is 26.5 Å². The zero-order chi connectivity index (χ0) is 15.2. The number of carboxylic acids is 1. The van der Waals surface area contributed by atoms with Crippen molar-refractivity contribution in [3.63, 3.8) is 0 Å². The van der Waals surface area contributed by atoms with Crippen LogP contribution in [0.25, 0.3) is 0 Å². The number of carbonyl (C=O) groups excluding carboxylic acids is 1. The SMILES string of the molecule is COc1ccccc1CNC(=O)c1cccc(C(=O)O)n1. The molecule has 0 fully saturated rings. The average molecular weight is 286 g/mol. The van der Waals surface area contributed by atoms with Gasteiger partial charge in [0.05, 0.1) is 7.11 Å². The molecule has 0 spiro atoms. The van der Waals surface area contributed by atoms with Gasteiger partial charge in [-0.1, -0.05) is 24.3 Å². The number of aromatic nitrogens is 1. The number of nitrogens with zero attached hydrogens (tertiary/aromatic N) is 1. The molecule has 0 aliphatic rings. The van der Waals surface area contributed by atoms with Crippen molar-refractivity contribution in [1.29, 1.82) is 0 Å². The third kappa shape index (κ3) is 3.56. The second kappa shape index (κ2) is 6.51. The molecule has 2 N–H and O–H groups in total. The first-order chi connectivity index (χ1) is 10.1. The number of hydrogen-bond acceptors (Lipinski definition) is 4. The molecule has 0 bridgehead atoms. The lowest BCUT2D eigenvalue weighted by Crippen LogP contribution is -2.24. The largest absolute Gasteiger partial charge is 0.496 e. The van der Waals surface area contributed by atoms with Gasteiger partial charge in [0.15, 0.2) is 0 Å². The Bertz CT molecular complexity index is 670. The molecule has 0 unspecified atom stereocenters. The number of carboxylic acid groups (broad SMARTS) is 1. The molecule has 6 heteroatoms. The van der Waals surface area contributed by atoms with Gasteiger partial charge in [-0.3, -0.25) is 4.79 Å². The van der Waals surface area contributed by atoms with Crippen LogP contribution in [0.2, 0.25) is 0 Å². The van der Waals surface area contributed by atoms with Gasteiger partial charge in [0.2, 0.25) is 0 Å². The second-order valence-electron chi connectivity index (χ2n) is 4.21. The quantitative estimate of drug-likeness (QED) is 0.873. The van der Waals surface area contributed by atoms with E-state index in [0.29, 0.717) is 5.75 Å². The predicted octanol–water partition coefficient (Wildman–Crippen LogP) is 1.72. The van der Waals surface area contributed by atoms with Crippen molar-refractivity contribution in [2.75, 3.05) is 7.11 Å². The molecule has 1 heterocycles. The summed E-state index contributed by atoms with van der Waals surface area (Å²) in [6, 6.07) is 11.6. The summed E-state index contributed by atoms with van der Waals surface area (Å²) in [5.74, 6) is -0.941. The normalized spacial score (nSPS) is 9.95. The van der Waals surface area contributed by atoms with E-state index in [4.69, 9.17) is 9.84 Å². The molecule has 1 aromatic heterocycles. The number of carbonyl (C=O) groups is 2. The first kappa shape index (κ1) is 14.5. The van der Waals surface area contributed by atoms with Crippen molar-refractivity contribution in [3.8, 4) is 5.75 Å². The molecule has 0 saturated heterocycles. The molecule has 6 nitrogen and oxygen atoms in total.